The van der Waals surface area contributed by atoms with Crippen molar-refractivity contribution in [1.82, 2.24) is 14.9 Å². The van der Waals surface area contributed by atoms with Crippen molar-refractivity contribution < 1.29 is 13.2 Å². The fourth-order valence-corrected chi connectivity index (χ4v) is 4.81. The molecular weight excluding hydrogens is 362 g/mol. The summed E-state index contributed by atoms with van der Waals surface area (Å²) >= 11 is 0. The van der Waals surface area contributed by atoms with E-state index in [1.807, 2.05) is 12.1 Å². The standard InChI is InChI=1S/C20H31N3O3S/c1-27(25,26)23-12-8-18-13-17(4-5-19(18)15-23)14-20(24)22-9-2-3-16-6-10-21-11-7-16/h4-5,13,16,21H,2-3,6-12,14-15H2,1H3,(H,22,24). The van der Waals surface area contributed by atoms with Gasteiger partial charge < -0.3 is 10.6 Å². The van der Waals surface area contributed by atoms with Gasteiger partial charge in [0.25, 0.3) is 0 Å². The molecule has 1 aromatic carbocycles. The molecule has 0 spiro atoms. The van der Waals surface area contributed by atoms with Crippen LogP contribution in [0, 0.1) is 5.92 Å². The zero-order valence-corrected chi connectivity index (χ0v) is 17.0. The summed E-state index contributed by atoms with van der Waals surface area (Å²) in [5.74, 6) is 0.865. The molecule has 0 aliphatic carbocycles. The quantitative estimate of drug-likeness (QED) is 0.687. The van der Waals surface area contributed by atoms with Crippen molar-refractivity contribution >= 4 is 15.9 Å². The van der Waals surface area contributed by atoms with Crippen molar-refractivity contribution in [3.8, 4) is 0 Å². The number of hydrogen-bond acceptors (Lipinski definition) is 4. The number of fused-ring (bicyclic) bond motifs is 1. The lowest BCUT2D eigenvalue weighted by molar-refractivity contribution is -0.120. The Balaban J connectivity index is 1.43. The van der Waals surface area contributed by atoms with Crippen molar-refractivity contribution in [2.24, 2.45) is 5.92 Å². The van der Waals surface area contributed by atoms with E-state index in [9.17, 15) is 13.2 Å². The molecule has 0 bridgehead atoms. The number of rotatable bonds is 7. The molecule has 1 saturated heterocycles. The van der Waals surface area contributed by atoms with Gasteiger partial charge in [0.2, 0.25) is 15.9 Å². The lowest BCUT2D eigenvalue weighted by atomic mass is 9.93. The number of nitrogens with zero attached hydrogens (tertiary/aromatic N) is 1. The molecule has 27 heavy (non-hydrogen) atoms. The van der Waals surface area contributed by atoms with Crippen molar-refractivity contribution in [2.75, 3.05) is 32.4 Å². The highest BCUT2D eigenvalue weighted by Gasteiger charge is 2.23. The Morgan fingerprint density at radius 1 is 1.26 bits per heavy atom. The Labute approximate surface area is 162 Å². The van der Waals surface area contributed by atoms with E-state index < -0.39 is 10.0 Å². The first-order valence-electron chi connectivity index (χ1n) is 9.95. The van der Waals surface area contributed by atoms with E-state index in [0.717, 1.165) is 48.7 Å². The van der Waals surface area contributed by atoms with Crippen molar-refractivity contribution in [1.29, 1.82) is 0 Å². The summed E-state index contributed by atoms with van der Waals surface area (Å²) in [6.45, 7) is 3.93. The third-order valence-corrected chi connectivity index (χ3v) is 6.90. The van der Waals surface area contributed by atoms with Crippen LogP contribution >= 0.6 is 0 Å². The fourth-order valence-electron chi connectivity index (χ4n) is 4.01. The van der Waals surface area contributed by atoms with E-state index in [-0.39, 0.29) is 5.91 Å². The first-order valence-corrected chi connectivity index (χ1v) is 11.8. The lowest BCUT2D eigenvalue weighted by Crippen LogP contribution is -2.35. The highest BCUT2D eigenvalue weighted by atomic mass is 32.2. The molecule has 0 aromatic heterocycles. The number of hydrogen-bond donors (Lipinski definition) is 2. The highest BCUT2D eigenvalue weighted by Crippen LogP contribution is 2.22. The molecule has 150 valence electrons. The van der Waals surface area contributed by atoms with Crippen LogP contribution in [0.15, 0.2) is 18.2 Å². The third kappa shape index (κ3) is 6.02. The second-order valence-corrected chi connectivity index (χ2v) is 9.79. The van der Waals surface area contributed by atoms with E-state index in [1.54, 1.807) is 0 Å². The number of benzene rings is 1. The number of carbonyl (C=O) groups is 1. The largest absolute Gasteiger partial charge is 0.356 e. The molecule has 2 heterocycles. The van der Waals surface area contributed by atoms with E-state index >= 15 is 0 Å². The summed E-state index contributed by atoms with van der Waals surface area (Å²) < 4.78 is 24.9. The number of piperidine rings is 1. The van der Waals surface area contributed by atoms with Gasteiger partial charge >= 0.3 is 0 Å². The molecular formula is C20H31N3O3S. The van der Waals surface area contributed by atoms with Crippen LogP contribution in [0.1, 0.15) is 42.4 Å². The molecule has 6 nitrogen and oxygen atoms in total. The molecule has 1 fully saturated rings. The highest BCUT2D eigenvalue weighted by molar-refractivity contribution is 7.88. The van der Waals surface area contributed by atoms with Crippen LogP contribution in [0.4, 0.5) is 0 Å². The predicted octanol–water partition coefficient (Wildman–Crippen LogP) is 1.44. The minimum Gasteiger partial charge on any atom is -0.356 e. The van der Waals surface area contributed by atoms with Gasteiger partial charge in [-0.1, -0.05) is 18.2 Å². The Morgan fingerprint density at radius 2 is 2.04 bits per heavy atom. The van der Waals surface area contributed by atoms with Crippen LogP contribution in [-0.2, 0) is 34.2 Å². The molecule has 3 rings (SSSR count). The average molecular weight is 394 g/mol. The Bertz CT molecular complexity index is 758. The van der Waals surface area contributed by atoms with Gasteiger partial charge in [0.1, 0.15) is 0 Å². The molecule has 2 N–H and O–H groups in total. The summed E-state index contributed by atoms with van der Waals surface area (Å²) in [7, 11) is -3.15. The number of sulfonamides is 1. The van der Waals surface area contributed by atoms with Crippen molar-refractivity contribution in [3.05, 3.63) is 34.9 Å². The number of nitrogens with one attached hydrogen (secondary N) is 2. The molecule has 2 aliphatic rings. The van der Waals surface area contributed by atoms with Gasteiger partial charge in [-0.15, -0.1) is 0 Å². The fraction of sp³-hybridized carbons (Fsp3) is 0.650. The van der Waals surface area contributed by atoms with Crippen molar-refractivity contribution in [3.63, 3.8) is 0 Å². The predicted molar refractivity (Wildman–Crippen MR) is 107 cm³/mol. The van der Waals surface area contributed by atoms with Gasteiger partial charge in [-0.05, 0) is 67.8 Å². The van der Waals surface area contributed by atoms with Crippen LogP contribution < -0.4 is 10.6 Å². The van der Waals surface area contributed by atoms with Gasteiger partial charge in [0.15, 0.2) is 0 Å². The first-order chi connectivity index (χ1) is 12.9. The molecule has 0 unspecified atom stereocenters. The summed E-state index contributed by atoms with van der Waals surface area (Å²) in [4.78, 5) is 12.2. The first kappa shape index (κ1) is 20.3. The van der Waals surface area contributed by atoms with Gasteiger partial charge in [0.05, 0.1) is 12.7 Å². The monoisotopic (exact) mass is 393 g/mol. The zero-order chi connectivity index (χ0) is 19.3. The maximum Gasteiger partial charge on any atom is 0.224 e. The summed E-state index contributed by atoms with van der Waals surface area (Å²) in [5, 5.41) is 6.42. The Morgan fingerprint density at radius 3 is 2.78 bits per heavy atom. The molecule has 7 heteroatoms. The van der Waals surface area contributed by atoms with Crippen LogP contribution in [0.25, 0.3) is 0 Å². The van der Waals surface area contributed by atoms with Crippen LogP contribution in [0.3, 0.4) is 0 Å². The minimum atomic E-state index is -3.15. The normalized spacial score (nSPS) is 18.9. The number of carbonyl (C=O) groups excluding carboxylic acids is 1. The van der Waals surface area contributed by atoms with Crippen LogP contribution in [0.2, 0.25) is 0 Å². The topological polar surface area (TPSA) is 78.5 Å². The molecule has 0 saturated carbocycles. The third-order valence-electron chi connectivity index (χ3n) is 5.65. The SMILES string of the molecule is CS(=O)(=O)N1CCc2cc(CC(=O)NCCCC3CCNCC3)ccc2C1. The number of amides is 1. The molecule has 1 aromatic rings. The summed E-state index contributed by atoms with van der Waals surface area (Å²) in [5.41, 5.74) is 3.20. The Hall–Kier alpha value is -1.44. The minimum absolute atomic E-state index is 0.0637. The van der Waals surface area contributed by atoms with Gasteiger partial charge in [-0.3, -0.25) is 4.79 Å². The maximum atomic E-state index is 12.2. The maximum absolute atomic E-state index is 12.2. The molecule has 0 radical (unpaired) electrons. The summed E-state index contributed by atoms with van der Waals surface area (Å²) in [6, 6.07) is 5.97. The molecule has 2 aliphatic heterocycles. The smallest absolute Gasteiger partial charge is 0.224 e. The van der Waals surface area contributed by atoms with Gasteiger partial charge in [-0.25, -0.2) is 8.42 Å². The van der Waals surface area contributed by atoms with Crippen LogP contribution in [0.5, 0.6) is 0 Å². The Kier molecular flexibility index (Phi) is 6.89. The van der Waals surface area contributed by atoms with E-state index in [1.165, 1.54) is 29.8 Å². The van der Waals surface area contributed by atoms with Crippen molar-refractivity contribution in [2.45, 2.75) is 45.1 Å². The second-order valence-electron chi connectivity index (χ2n) is 7.81. The molecule has 0 atom stereocenters. The lowest BCUT2D eigenvalue weighted by Gasteiger charge is -2.27. The van der Waals surface area contributed by atoms with E-state index in [0.29, 0.717) is 25.9 Å². The molecule has 1 amide bonds. The average Bonchev–Trinajstić information content (AvgIpc) is 2.65. The van der Waals surface area contributed by atoms with Gasteiger partial charge in [-0.2, -0.15) is 4.31 Å². The zero-order valence-electron chi connectivity index (χ0n) is 16.2. The van der Waals surface area contributed by atoms with E-state index in [4.69, 9.17) is 0 Å². The second kappa shape index (κ2) is 9.17. The summed E-state index contributed by atoms with van der Waals surface area (Å²) in [6.07, 6.45) is 7.08. The van der Waals surface area contributed by atoms with Gasteiger partial charge in [0, 0.05) is 19.6 Å². The van der Waals surface area contributed by atoms with Crippen LogP contribution in [-0.4, -0.2) is 51.1 Å². The van der Waals surface area contributed by atoms with E-state index in [2.05, 4.69) is 16.7 Å².